The monoisotopic (exact) mass is 399 g/mol. The fraction of sp³-hybridized carbons (Fsp3) is 0.280. The van der Waals surface area contributed by atoms with Crippen LogP contribution in [-0.4, -0.2) is 31.5 Å². The van der Waals surface area contributed by atoms with Crippen LogP contribution in [0.4, 0.5) is 0 Å². The van der Waals surface area contributed by atoms with E-state index in [4.69, 9.17) is 5.10 Å². The van der Waals surface area contributed by atoms with Crippen LogP contribution in [-0.2, 0) is 20.1 Å². The zero-order chi connectivity index (χ0) is 21.3. The van der Waals surface area contributed by atoms with Crippen LogP contribution in [0, 0.1) is 20.8 Å². The highest BCUT2D eigenvalue weighted by molar-refractivity contribution is 5.64. The van der Waals surface area contributed by atoms with Gasteiger partial charge in [0.1, 0.15) is 0 Å². The van der Waals surface area contributed by atoms with Crippen LogP contribution < -0.4 is 0 Å². The fourth-order valence-electron chi connectivity index (χ4n) is 3.83. The molecular weight excluding hydrogens is 370 g/mol. The Bertz CT molecular complexity index is 1150. The molecule has 154 valence electrons. The molecule has 5 heteroatoms. The summed E-state index contributed by atoms with van der Waals surface area (Å²) in [7, 11) is 4.12. The molecule has 0 spiro atoms. The zero-order valence-corrected chi connectivity index (χ0v) is 18.4. The second-order valence-corrected chi connectivity index (χ2v) is 8.24. The van der Waals surface area contributed by atoms with E-state index < -0.39 is 0 Å². The Morgan fingerprint density at radius 1 is 0.833 bits per heavy atom. The SMILES string of the molecule is Cc1ccc(-n2cc(CN(C)Cc3cn(C)nc3C)c(-c3cccc(C)c3)n2)cc1. The van der Waals surface area contributed by atoms with Crippen molar-refractivity contribution in [3.63, 3.8) is 0 Å². The van der Waals surface area contributed by atoms with Crippen molar-refractivity contribution in [2.45, 2.75) is 33.9 Å². The standard InChI is InChI=1S/C25H29N5/c1-18-9-11-24(12-10-18)30-17-23(25(27-30)21-8-6-7-19(2)13-21)15-28(4)14-22-16-29(5)26-20(22)3/h6-13,16-17H,14-15H2,1-5H3. The van der Waals surface area contributed by atoms with Gasteiger partial charge in [-0.25, -0.2) is 4.68 Å². The lowest BCUT2D eigenvalue weighted by atomic mass is 10.1. The van der Waals surface area contributed by atoms with Gasteiger partial charge >= 0.3 is 0 Å². The molecule has 4 rings (SSSR count). The van der Waals surface area contributed by atoms with Crippen molar-refractivity contribution in [3.05, 3.63) is 88.9 Å². The summed E-state index contributed by atoms with van der Waals surface area (Å²) in [6, 6.07) is 17.1. The van der Waals surface area contributed by atoms with Gasteiger partial charge in [0.25, 0.3) is 0 Å². The van der Waals surface area contributed by atoms with Gasteiger partial charge in [-0.15, -0.1) is 0 Å². The van der Waals surface area contributed by atoms with Gasteiger partial charge in [0.2, 0.25) is 0 Å². The molecule has 0 aliphatic rings. The number of hydrogen-bond donors (Lipinski definition) is 0. The Labute approximate surface area is 178 Å². The number of rotatable bonds is 6. The van der Waals surface area contributed by atoms with Crippen LogP contribution in [0.25, 0.3) is 16.9 Å². The molecule has 0 bridgehead atoms. The van der Waals surface area contributed by atoms with Crippen LogP contribution in [0.2, 0.25) is 0 Å². The maximum absolute atomic E-state index is 4.98. The van der Waals surface area contributed by atoms with Gasteiger partial charge in [0.15, 0.2) is 0 Å². The third kappa shape index (κ3) is 4.36. The molecule has 0 aliphatic carbocycles. The highest BCUT2D eigenvalue weighted by Crippen LogP contribution is 2.26. The van der Waals surface area contributed by atoms with Crippen molar-refractivity contribution in [1.82, 2.24) is 24.5 Å². The Morgan fingerprint density at radius 2 is 1.57 bits per heavy atom. The minimum Gasteiger partial charge on any atom is -0.298 e. The second-order valence-electron chi connectivity index (χ2n) is 8.24. The molecule has 0 saturated heterocycles. The average molecular weight is 400 g/mol. The van der Waals surface area contributed by atoms with Crippen molar-refractivity contribution in [2.75, 3.05) is 7.05 Å². The summed E-state index contributed by atoms with van der Waals surface area (Å²) in [5, 5.41) is 9.45. The zero-order valence-electron chi connectivity index (χ0n) is 18.4. The number of benzene rings is 2. The van der Waals surface area contributed by atoms with Crippen molar-refractivity contribution < 1.29 is 0 Å². The first-order valence-electron chi connectivity index (χ1n) is 10.3. The van der Waals surface area contributed by atoms with Crippen molar-refractivity contribution >= 4 is 0 Å². The third-order valence-corrected chi connectivity index (χ3v) is 5.38. The molecule has 2 aromatic carbocycles. The van der Waals surface area contributed by atoms with E-state index in [0.717, 1.165) is 35.7 Å². The van der Waals surface area contributed by atoms with Crippen molar-refractivity contribution in [2.24, 2.45) is 7.05 Å². The Morgan fingerprint density at radius 3 is 2.23 bits per heavy atom. The van der Waals surface area contributed by atoms with E-state index >= 15 is 0 Å². The van der Waals surface area contributed by atoms with Crippen LogP contribution in [0.5, 0.6) is 0 Å². The van der Waals surface area contributed by atoms with Gasteiger partial charge < -0.3 is 0 Å². The topological polar surface area (TPSA) is 38.9 Å². The number of aromatic nitrogens is 4. The van der Waals surface area contributed by atoms with Crippen molar-refractivity contribution in [1.29, 1.82) is 0 Å². The predicted molar refractivity (Wildman–Crippen MR) is 122 cm³/mol. The van der Waals surface area contributed by atoms with Gasteiger partial charge in [0, 0.05) is 49.2 Å². The Hall–Kier alpha value is -3.18. The maximum atomic E-state index is 4.98. The molecule has 0 saturated carbocycles. The van der Waals surface area contributed by atoms with Gasteiger partial charge in [-0.3, -0.25) is 9.58 Å². The Balaban J connectivity index is 1.67. The summed E-state index contributed by atoms with van der Waals surface area (Å²) in [6.45, 7) is 7.95. The molecule has 0 radical (unpaired) electrons. The summed E-state index contributed by atoms with van der Waals surface area (Å²) in [5.41, 5.74) is 9.30. The molecule has 2 heterocycles. The maximum Gasteiger partial charge on any atom is 0.0972 e. The van der Waals surface area contributed by atoms with E-state index in [2.05, 4.69) is 98.7 Å². The lowest BCUT2D eigenvalue weighted by Crippen LogP contribution is -2.17. The first-order valence-corrected chi connectivity index (χ1v) is 10.3. The second kappa shape index (κ2) is 8.28. The first kappa shape index (κ1) is 20.1. The summed E-state index contributed by atoms with van der Waals surface area (Å²) >= 11 is 0. The molecule has 5 nitrogen and oxygen atoms in total. The number of hydrogen-bond acceptors (Lipinski definition) is 3. The van der Waals surface area contributed by atoms with Gasteiger partial charge in [0.05, 0.1) is 17.1 Å². The van der Waals surface area contributed by atoms with Crippen LogP contribution in [0.1, 0.15) is 27.9 Å². The molecule has 2 aromatic heterocycles. The molecule has 30 heavy (non-hydrogen) atoms. The largest absolute Gasteiger partial charge is 0.298 e. The number of aryl methyl sites for hydroxylation is 4. The summed E-state index contributed by atoms with van der Waals surface area (Å²) < 4.78 is 3.88. The highest BCUT2D eigenvalue weighted by atomic mass is 15.3. The van der Waals surface area contributed by atoms with Gasteiger partial charge in [-0.05, 0) is 46.0 Å². The number of nitrogens with zero attached hydrogens (tertiary/aromatic N) is 5. The predicted octanol–water partition coefficient (Wildman–Crippen LogP) is 4.83. The van der Waals surface area contributed by atoms with E-state index in [1.54, 1.807) is 0 Å². The quantitative estimate of drug-likeness (QED) is 0.466. The molecule has 0 amide bonds. The highest BCUT2D eigenvalue weighted by Gasteiger charge is 2.15. The molecule has 0 unspecified atom stereocenters. The molecular formula is C25H29N5. The molecule has 0 N–H and O–H groups in total. The van der Waals surface area contributed by atoms with Gasteiger partial charge in [-0.1, -0.05) is 41.5 Å². The van der Waals surface area contributed by atoms with Crippen molar-refractivity contribution in [3.8, 4) is 16.9 Å². The van der Waals surface area contributed by atoms with Gasteiger partial charge in [-0.2, -0.15) is 10.2 Å². The van der Waals surface area contributed by atoms with Crippen LogP contribution >= 0.6 is 0 Å². The van der Waals surface area contributed by atoms with E-state index in [9.17, 15) is 0 Å². The summed E-state index contributed by atoms with van der Waals surface area (Å²) in [4.78, 5) is 2.32. The average Bonchev–Trinajstić information content (AvgIpc) is 3.25. The van der Waals surface area contributed by atoms with E-state index in [0.29, 0.717) is 0 Å². The normalized spacial score (nSPS) is 11.4. The molecule has 0 atom stereocenters. The Kier molecular flexibility index (Phi) is 5.55. The molecule has 0 fully saturated rings. The minimum absolute atomic E-state index is 0.809. The third-order valence-electron chi connectivity index (χ3n) is 5.38. The fourth-order valence-corrected chi connectivity index (χ4v) is 3.83. The minimum atomic E-state index is 0.809. The molecule has 0 aliphatic heterocycles. The lowest BCUT2D eigenvalue weighted by molar-refractivity contribution is 0.318. The molecule has 4 aromatic rings. The van der Waals surface area contributed by atoms with E-state index in [-0.39, 0.29) is 0 Å². The first-order chi connectivity index (χ1) is 14.4. The lowest BCUT2D eigenvalue weighted by Gasteiger charge is -2.16. The van der Waals surface area contributed by atoms with E-state index in [1.165, 1.54) is 22.3 Å². The van der Waals surface area contributed by atoms with Crippen LogP contribution in [0.15, 0.2) is 60.9 Å². The summed E-state index contributed by atoms with van der Waals surface area (Å²) in [5.74, 6) is 0. The smallest absolute Gasteiger partial charge is 0.0972 e. The van der Waals surface area contributed by atoms with Crippen LogP contribution in [0.3, 0.4) is 0 Å². The van der Waals surface area contributed by atoms with E-state index in [1.807, 2.05) is 16.4 Å². The summed E-state index contributed by atoms with van der Waals surface area (Å²) in [6.07, 6.45) is 4.26.